The number of rotatable bonds is 12. The number of aliphatic imine (C=N–C) groups is 2. The van der Waals surface area contributed by atoms with E-state index in [0.717, 1.165) is 51.9 Å². The lowest BCUT2D eigenvalue weighted by Crippen LogP contribution is -2.21. The summed E-state index contributed by atoms with van der Waals surface area (Å²) >= 11 is 0. The molecule has 0 spiro atoms. The Morgan fingerprint density at radius 1 is 0.737 bits per heavy atom. The molecule has 0 rings (SSSR count). The molecule has 1 N–H and O–H groups in total. The van der Waals surface area contributed by atoms with Crippen molar-refractivity contribution in [2.24, 2.45) is 9.98 Å². The van der Waals surface area contributed by atoms with Crippen LogP contribution in [0.4, 0.5) is 0 Å². The van der Waals surface area contributed by atoms with E-state index >= 15 is 0 Å². The molecule has 0 atom stereocenters. The van der Waals surface area contributed by atoms with Crippen LogP contribution in [-0.2, 0) is 0 Å². The molecule has 3 nitrogen and oxygen atoms in total. The summed E-state index contributed by atoms with van der Waals surface area (Å²) in [6, 6.07) is 0. The summed E-state index contributed by atoms with van der Waals surface area (Å²) in [6.07, 6.45) is 6.89. The third-order valence-electron chi connectivity index (χ3n) is 3.14. The van der Waals surface area contributed by atoms with Crippen molar-refractivity contribution in [2.75, 3.05) is 26.2 Å². The summed E-state index contributed by atoms with van der Waals surface area (Å²) in [5.74, 6) is 0. The zero-order valence-electron chi connectivity index (χ0n) is 13.5. The van der Waals surface area contributed by atoms with Crippen molar-refractivity contribution in [3.05, 3.63) is 0 Å². The van der Waals surface area contributed by atoms with Crippen LogP contribution in [0.5, 0.6) is 0 Å². The first kappa shape index (κ1) is 18.3. The fourth-order valence-electron chi connectivity index (χ4n) is 2.02. The van der Waals surface area contributed by atoms with E-state index in [0.29, 0.717) is 0 Å². The van der Waals surface area contributed by atoms with Crippen molar-refractivity contribution >= 4 is 11.4 Å². The van der Waals surface area contributed by atoms with Crippen LogP contribution in [0, 0.1) is 0 Å². The minimum atomic E-state index is 0.905. The standard InChI is InChI=1S/C16H33N3/c1-5-9-15(7-3)18-13-11-17-12-14-19-16(8-4)10-6-2/h17H,5-14H2,1-4H3/b18-15+,19-16+. The van der Waals surface area contributed by atoms with Crippen molar-refractivity contribution in [2.45, 2.75) is 66.2 Å². The van der Waals surface area contributed by atoms with Gasteiger partial charge in [0.15, 0.2) is 0 Å². The number of nitrogens with zero attached hydrogens (tertiary/aromatic N) is 2. The molecular formula is C16H33N3. The highest BCUT2D eigenvalue weighted by molar-refractivity contribution is 5.84. The molecule has 0 fully saturated rings. The van der Waals surface area contributed by atoms with Crippen molar-refractivity contribution in [1.29, 1.82) is 0 Å². The van der Waals surface area contributed by atoms with Gasteiger partial charge in [-0.05, 0) is 25.7 Å². The average molecular weight is 267 g/mol. The summed E-state index contributed by atoms with van der Waals surface area (Å²) in [5.41, 5.74) is 2.72. The van der Waals surface area contributed by atoms with Gasteiger partial charge < -0.3 is 5.32 Å². The quantitative estimate of drug-likeness (QED) is 0.423. The molecule has 0 saturated carbocycles. The molecule has 0 radical (unpaired) electrons. The predicted molar refractivity (Wildman–Crippen MR) is 87.9 cm³/mol. The highest BCUT2D eigenvalue weighted by Crippen LogP contribution is 1.97. The maximum Gasteiger partial charge on any atom is 0.0513 e. The first-order valence-electron chi connectivity index (χ1n) is 8.03. The van der Waals surface area contributed by atoms with Gasteiger partial charge in [-0.1, -0.05) is 40.5 Å². The topological polar surface area (TPSA) is 36.8 Å². The largest absolute Gasteiger partial charge is 0.313 e. The third-order valence-corrected chi connectivity index (χ3v) is 3.14. The molecule has 0 aromatic rings. The lowest BCUT2D eigenvalue weighted by molar-refractivity contribution is 0.694. The van der Waals surface area contributed by atoms with Crippen LogP contribution in [-0.4, -0.2) is 37.6 Å². The molecule has 0 bridgehead atoms. The monoisotopic (exact) mass is 267 g/mol. The van der Waals surface area contributed by atoms with E-state index in [1.54, 1.807) is 0 Å². The summed E-state index contributed by atoms with van der Waals surface area (Å²) < 4.78 is 0. The number of nitrogens with one attached hydrogen (secondary N) is 1. The Morgan fingerprint density at radius 3 is 1.47 bits per heavy atom. The third kappa shape index (κ3) is 10.9. The molecule has 0 aliphatic heterocycles. The summed E-state index contributed by atoms with van der Waals surface area (Å²) in [6.45, 7) is 12.6. The maximum absolute atomic E-state index is 4.63. The van der Waals surface area contributed by atoms with Crippen molar-refractivity contribution < 1.29 is 0 Å². The molecule has 0 saturated heterocycles. The summed E-state index contributed by atoms with van der Waals surface area (Å²) in [7, 11) is 0. The van der Waals surface area contributed by atoms with E-state index < -0.39 is 0 Å². The molecule has 0 aliphatic carbocycles. The van der Waals surface area contributed by atoms with Gasteiger partial charge in [-0.2, -0.15) is 0 Å². The Balaban J connectivity index is 3.64. The van der Waals surface area contributed by atoms with Crippen LogP contribution >= 0.6 is 0 Å². The van der Waals surface area contributed by atoms with Gasteiger partial charge in [0.2, 0.25) is 0 Å². The molecule has 0 aromatic carbocycles. The predicted octanol–water partition coefficient (Wildman–Crippen LogP) is 3.88. The smallest absolute Gasteiger partial charge is 0.0513 e. The minimum Gasteiger partial charge on any atom is -0.313 e. The summed E-state index contributed by atoms with van der Waals surface area (Å²) in [5, 5.41) is 3.41. The van der Waals surface area contributed by atoms with Gasteiger partial charge in [-0.3, -0.25) is 9.98 Å². The number of hydrogen-bond acceptors (Lipinski definition) is 3. The zero-order chi connectivity index (χ0) is 14.3. The van der Waals surface area contributed by atoms with Crippen molar-refractivity contribution in [1.82, 2.24) is 5.32 Å². The van der Waals surface area contributed by atoms with Gasteiger partial charge in [-0.15, -0.1) is 0 Å². The first-order chi connectivity index (χ1) is 9.28. The SMILES string of the molecule is CCC/C(CC)=N/CCNCC/N=C(\CC)CCC. The molecule has 0 heterocycles. The van der Waals surface area contributed by atoms with E-state index in [1.165, 1.54) is 24.3 Å². The zero-order valence-corrected chi connectivity index (χ0v) is 13.5. The molecule has 0 aromatic heterocycles. The van der Waals surface area contributed by atoms with Crippen molar-refractivity contribution in [3.63, 3.8) is 0 Å². The minimum absolute atomic E-state index is 0.905. The normalized spacial score (nSPS) is 13.1. The van der Waals surface area contributed by atoms with Gasteiger partial charge in [0.1, 0.15) is 0 Å². The van der Waals surface area contributed by atoms with Crippen LogP contribution in [0.25, 0.3) is 0 Å². The lowest BCUT2D eigenvalue weighted by atomic mass is 10.2. The van der Waals surface area contributed by atoms with Gasteiger partial charge in [0, 0.05) is 24.5 Å². The fraction of sp³-hybridized carbons (Fsp3) is 0.875. The summed E-state index contributed by atoms with van der Waals surface area (Å²) in [4.78, 5) is 9.26. The van der Waals surface area contributed by atoms with Crippen LogP contribution in [0.3, 0.4) is 0 Å². The fourth-order valence-corrected chi connectivity index (χ4v) is 2.02. The molecule has 0 amide bonds. The lowest BCUT2D eigenvalue weighted by Gasteiger charge is -2.05. The van der Waals surface area contributed by atoms with Gasteiger partial charge in [0.05, 0.1) is 13.1 Å². The first-order valence-corrected chi connectivity index (χ1v) is 8.03. The van der Waals surface area contributed by atoms with Gasteiger partial charge in [-0.25, -0.2) is 0 Å². The van der Waals surface area contributed by atoms with Crippen LogP contribution in [0.2, 0.25) is 0 Å². The molecule has 3 heteroatoms. The van der Waals surface area contributed by atoms with E-state index in [1.807, 2.05) is 0 Å². The van der Waals surface area contributed by atoms with E-state index in [2.05, 4.69) is 43.0 Å². The van der Waals surface area contributed by atoms with Gasteiger partial charge >= 0.3 is 0 Å². The Labute approximate surface area is 120 Å². The Hall–Kier alpha value is -0.700. The van der Waals surface area contributed by atoms with Crippen LogP contribution < -0.4 is 5.32 Å². The Bertz CT molecular complexity index is 231. The number of hydrogen-bond donors (Lipinski definition) is 1. The van der Waals surface area contributed by atoms with E-state index in [4.69, 9.17) is 0 Å². The second kappa shape index (κ2) is 13.7. The second-order valence-corrected chi connectivity index (χ2v) is 4.85. The highest BCUT2D eigenvalue weighted by atomic mass is 14.9. The second-order valence-electron chi connectivity index (χ2n) is 4.85. The molecule has 19 heavy (non-hydrogen) atoms. The van der Waals surface area contributed by atoms with E-state index in [-0.39, 0.29) is 0 Å². The molecule has 112 valence electrons. The van der Waals surface area contributed by atoms with E-state index in [9.17, 15) is 0 Å². The highest BCUT2D eigenvalue weighted by Gasteiger charge is 1.95. The van der Waals surface area contributed by atoms with Gasteiger partial charge in [0.25, 0.3) is 0 Å². The Morgan fingerprint density at radius 2 is 1.16 bits per heavy atom. The molecule has 0 aliphatic rings. The molecule has 0 unspecified atom stereocenters. The van der Waals surface area contributed by atoms with Crippen molar-refractivity contribution in [3.8, 4) is 0 Å². The Kier molecular flexibility index (Phi) is 13.2. The average Bonchev–Trinajstić information content (AvgIpc) is 2.43. The maximum atomic E-state index is 4.63. The van der Waals surface area contributed by atoms with Crippen LogP contribution in [0.1, 0.15) is 66.2 Å². The van der Waals surface area contributed by atoms with Crippen LogP contribution in [0.15, 0.2) is 9.98 Å². The molecular weight excluding hydrogens is 234 g/mol.